The molecule has 0 spiro atoms. The number of aryl methyl sites for hydroxylation is 2. The molecule has 4 nitrogen and oxygen atoms in total. The van der Waals surface area contributed by atoms with Crippen LogP contribution in [0.3, 0.4) is 0 Å². The SMILES string of the molecule is C#CC[n+]1ccc(CCc2cccc(NNC(=O)C(F)F)c2)cc1. The minimum absolute atomic E-state index is 0.540. The Balaban J connectivity index is 1.89. The molecule has 24 heavy (non-hydrogen) atoms. The van der Waals surface area contributed by atoms with Crippen LogP contribution in [-0.4, -0.2) is 12.3 Å². The number of terminal acetylenes is 1. The first-order valence-electron chi connectivity index (χ1n) is 7.43. The van der Waals surface area contributed by atoms with E-state index in [1.165, 1.54) is 5.56 Å². The number of halogens is 2. The van der Waals surface area contributed by atoms with Gasteiger partial charge in [0.15, 0.2) is 12.4 Å². The van der Waals surface area contributed by atoms with Gasteiger partial charge >= 0.3 is 12.3 Å². The Hall–Kier alpha value is -2.94. The largest absolute Gasteiger partial charge is 0.317 e. The second-order valence-corrected chi connectivity index (χ2v) is 5.20. The summed E-state index contributed by atoms with van der Waals surface area (Å²) in [6.07, 6.45) is 7.72. The third-order valence-electron chi connectivity index (χ3n) is 3.39. The molecular formula is C18H18F2N3O+. The number of pyridine rings is 1. The summed E-state index contributed by atoms with van der Waals surface area (Å²) in [5.74, 6) is 1.22. The van der Waals surface area contributed by atoms with Crippen molar-refractivity contribution in [2.75, 3.05) is 5.43 Å². The fourth-order valence-corrected chi connectivity index (χ4v) is 2.15. The minimum Gasteiger partial charge on any atom is -0.298 e. The highest BCUT2D eigenvalue weighted by Crippen LogP contribution is 2.12. The number of nitrogens with one attached hydrogen (secondary N) is 2. The van der Waals surface area contributed by atoms with Crippen LogP contribution in [0.25, 0.3) is 0 Å². The van der Waals surface area contributed by atoms with E-state index >= 15 is 0 Å². The Morgan fingerprint density at radius 3 is 2.54 bits per heavy atom. The van der Waals surface area contributed by atoms with E-state index in [-0.39, 0.29) is 0 Å². The van der Waals surface area contributed by atoms with Crippen molar-refractivity contribution in [3.63, 3.8) is 0 Å². The van der Waals surface area contributed by atoms with Gasteiger partial charge in [-0.3, -0.25) is 15.6 Å². The third-order valence-corrected chi connectivity index (χ3v) is 3.39. The lowest BCUT2D eigenvalue weighted by molar-refractivity contribution is -0.684. The van der Waals surface area contributed by atoms with E-state index in [4.69, 9.17) is 6.42 Å². The topological polar surface area (TPSA) is 45.0 Å². The lowest BCUT2D eigenvalue weighted by Crippen LogP contribution is -2.34. The van der Waals surface area contributed by atoms with E-state index in [2.05, 4.69) is 11.3 Å². The van der Waals surface area contributed by atoms with Gasteiger partial charge in [0.1, 0.15) is 0 Å². The van der Waals surface area contributed by atoms with Crippen molar-refractivity contribution in [2.24, 2.45) is 0 Å². The number of aromatic nitrogens is 1. The van der Waals surface area contributed by atoms with Gasteiger partial charge in [-0.25, -0.2) is 0 Å². The summed E-state index contributed by atoms with van der Waals surface area (Å²) in [5.41, 5.74) is 7.21. The van der Waals surface area contributed by atoms with Crippen LogP contribution >= 0.6 is 0 Å². The number of hydrogen-bond donors (Lipinski definition) is 2. The van der Waals surface area contributed by atoms with Gasteiger partial charge in [0.05, 0.1) is 5.69 Å². The number of carbonyl (C=O) groups is 1. The monoisotopic (exact) mass is 330 g/mol. The van der Waals surface area contributed by atoms with Gasteiger partial charge in [-0.1, -0.05) is 12.1 Å². The fourth-order valence-electron chi connectivity index (χ4n) is 2.15. The average molecular weight is 330 g/mol. The van der Waals surface area contributed by atoms with E-state index < -0.39 is 12.3 Å². The number of rotatable bonds is 7. The van der Waals surface area contributed by atoms with E-state index in [1.807, 2.05) is 46.7 Å². The molecule has 124 valence electrons. The Morgan fingerprint density at radius 1 is 1.17 bits per heavy atom. The Morgan fingerprint density at radius 2 is 1.88 bits per heavy atom. The first kappa shape index (κ1) is 17.4. The summed E-state index contributed by atoms with van der Waals surface area (Å²) in [6, 6.07) is 11.3. The molecule has 2 rings (SSSR count). The molecule has 0 unspecified atom stereocenters. The van der Waals surface area contributed by atoms with Gasteiger partial charge in [0.25, 0.3) is 0 Å². The van der Waals surface area contributed by atoms with Crippen molar-refractivity contribution in [3.05, 3.63) is 59.9 Å². The summed E-state index contributed by atoms with van der Waals surface area (Å²) >= 11 is 0. The van der Waals surface area contributed by atoms with Gasteiger partial charge in [-0.2, -0.15) is 13.3 Å². The fraction of sp³-hybridized carbons (Fsp3) is 0.222. The molecule has 1 heterocycles. The minimum atomic E-state index is -3.05. The molecule has 0 saturated heterocycles. The molecule has 2 aromatic rings. The number of benzene rings is 1. The smallest absolute Gasteiger partial charge is 0.298 e. The van der Waals surface area contributed by atoms with Crippen LogP contribution in [0, 0.1) is 12.3 Å². The van der Waals surface area contributed by atoms with Crippen LogP contribution in [0.15, 0.2) is 48.8 Å². The van der Waals surface area contributed by atoms with Crippen molar-refractivity contribution < 1.29 is 18.1 Å². The maximum Gasteiger partial charge on any atom is 0.317 e. The van der Waals surface area contributed by atoms with Crippen LogP contribution in [0.2, 0.25) is 0 Å². The van der Waals surface area contributed by atoms with Crippen LogP contribution in [0.4, 0.5) is 14.5 Å². The predicted molar refractivity (Wildman–Crippen MR) is 87.1 cm³/mol. The first-order chi connectivity index (χ1) is 11.6. The highest BCUT2D eigenvalue weighted by molar-refractivity contribution is 5.80. The van der Waals surface area contributed by atoms with E-state index in [0.717, 1.165) is 18.4 Å². The van der Waals surface area contributed by atoms with Crippen molar-refractivity contribution in [2.45, 2.75) is 25.8 Å². The first-order valence-corrected chi connectivity index (χ1v) is 7.43. The summed E-state index contributed by atoms with van der Waals surface area (Å²) in [7, 11) is 0. The van der Waals surface area contributed by atoms with Crippen molar-refractivity contribution in [1.29, 1.82) is 0 Å². The van der Waals surface area contributed by atoms with Crippen LogP contribution in [0.1, 0.15) is 11.1 Å². The van der Waals surface area contributed by atoms with Crippen molar-refractivity contribution in [3.8, 4) is 12.3 Å². The van der Waals surface area contributed by atoms with Crippen LogP contribution in [-0.2, 0) is 24.2 Å². The maximum absolute atomic E-state index is 12.1. The quantitative estimate of drug-likeness (QED) is 0.464. The molecule has 2 N–H and O–H groups in total. The summed E-state index contributed by atoms with van der Waals surface area (Å²) in [6.45, 7) is 0.540. The van der Waals surface area contributed by atoms with Crippen molar-refractivity contribution in [1.82, 2.24) is 5.43 Å². The standard InChI is InChI=1S/C18H17F2N3O/c1-2-10-23-11-8-14(9-12-23)6-7-15-4-3-5-16(13-15)21-22-18(24)17(19)20/h1,3-5,8-9,11-13,17,21H,6-7,10H2/p+1. The van der Waals surface area contributed by atoms with Gasteiger partial charge in [-0.15, -0.1) is 6.42 Å². The maximum atomic E-state index is 12.1. The average Bonchev–Trinajstić information content (AvgIpc) is 2.59. The second-order valence-electron chi connectivity index (χ2n) is 5.20. The highest BCUT2D eigenvalue weighted by atomic mass is 19.3. The molecule has 1 aromatic heterocycles. The molecule has 0 aliphatic heterocycles. The molecule has 0 aliphatic rings. The predicted octanol–water partition coefficient (Wildman–Crippen LogP) is 2.10. The summed E-state index contributed by atoms with van der Waals surface area (Å²) in [4.78, 5) is 10.8. The Bertz CT molecular complexity index is 724. The molecule has 1 aromatic carbocycles. The van der Waals surface area contributed by atoms with Gasteiger partial charge < -0.3 is 0 Å². The zero-order valence-electron chi connectivity index (χ0n) is 13.0. The summed E-state index contributed by atoms with van der Waals surface area (Å²) in [5, 5.41) is 0. The zero-order chi connectivity index (χ0) is 17.4. The number of amides is 1. The number of anilines is 1. The molecule has 0 fully saturated rings. The number of carbonyl (C=O) groups excluding carboxylic acids is 1. The molecular weight excluding hydrogens is 312 g/mol. The highest BCUT2D eigenvalue weighted by Gasteiger charge is 2.13. The van der Waals surface area contributed by atoms with Crippen molar-refractivity contribution >= 4 is 11.6 Å². The number of hydrogen-bond acceptors (Lipinski definition) is 2. The third kappa shape index (κ3) is 5.36. The van der Waals surface area contributed by atoms with Crippen LogP contribution in [0.5, 0.6) is 0 Å². The van der Waals surface area contributed by atoms with Gasteiger partial charge in [0, 0.05) is 12.1 Å². The lowest BCUT2D eigenvalue weighted by Gasteiger charge is -2.09. The number of alkyl halides is 2. The zero-order valence-corrected chi connectivity index (χ0v) is 13.0. The Kier molecular flexibility index (Phi) is 6.26. The molecule has 0 aliphatic carbocycles. The number of nitrogens with zero attached hydrogens (tertiary/aromatic N) is 1. The molecule has 0 bridgehead atoms. The molecule has 6 heteroatoms. The van der Waals surface area contributed by atoms with Crippen LogP contribution < -0.4 is 15.4 Å². The van der Waals surface area contributed by atoms with Gasteiger partial charge in [0.2, 0.25) is 6.54 Å². The number of hydrazine groups is 1. The lowest BCUT2D eigenvalue weighted by atomic mass is 10.0. The van der Waals surface area contributed by atoms with E-state index in [9.17, 15) is 13.6 Å². The van der Waals surface area contributed by atoms with E-state index in [1.54, 1.807) is 12.1 Å². The molecule has 0 saturated carbocycles. The Labute approximate surface area is 139 Å². The normalized spacial score (nSPS) is 10.2. The van der Waals surface area contributed by atoms with E-state index in [0.29, 0.717) is 12.2 Å². The molecule has 1 amide bonds. The summed E-state index contributed by atoms with van der Waals surface area (Å²) < 4.78 is 26.2. The second kappa shape index (κ2) is 8.63. The molecule has 0 radical (unpaired) electrons. The molecule has 0 atom stereocenters. The van der Waals surface area contributed by atoms with Gasteiger partial charge in [-0.05, 0) is 42.0 Å².